The number of hydrogen-bond donors (Lipinski definition) is 1. The highest BCUT2D eigenvalue weighted by Gasteiger charge is 2.52. The normalized spacial score (nSPS) is 16.1. The lowest BCUT2D eigenvalue weighted by atomic mass is 9.75. The Morgan fingerprint density at radius 1 is 1.22 bits per heavy atom. The predicted molar refractivity (Wildman–Crippen MR) is 70.7 cm³/mol. The first-order valence-corrected chi connectivity index (χ1v) is 5.79. The third kappa shape index (κ3) is 2.53. The molecule has 0 aliphatic carbocycles. The van der Waals surface area contributed by atoms with Crippen molar-refractivity contribution in [2.24, 2.45) is 5.41 Å². The van der Waals surface area contributed by atoms with Crippen LogP contribution in [-0.4, -0.2) is 27.6 Å². The molecule has 0 amide bonds. The van der Waals surface area contributed by atoms with Crippen molar-refractivity contribution in [1.29, 1.82) is 0 Å². The molecule has 1 N–H and O–H groups in total. The van der Waals surface area contributed by atoms with Crippen molar-refractivity contribution in [3.8, 4) is 0 Å². The zero-order chi connectivity index (χ0) is 14.0. The number of aliphatic carboxylic acids is 1. The Bertz CT molecular complexity index is 460. The molecule has 4 heteroatoms. The maximum absolute atomic E-state index is 12.2. The molecule has 4 nitrogen and oxygen atoms in total. The molecule has 0 aromatic heterocycles. The van der Waals surface area contributed by atoms with Gasteiger partial charge in [-0.3, -0.25) is 0 Å². The molecule has 0 bridgehead atoms. The molecule has 0 spiro atoms. The van der Waals surface area contributed by atoms with Crippen LogP contribution in [-0.2, 0) is 4.79 Å². The highest BCUT2D eigenvalue weighted by atomic mass is 16.5. The average molecular weight is 249 g/mol. The molecular weight excluding hydrogens is 230 g/mol. The van der Waals surface area contributed by atoms with Gasteiger partial charge in [0.25, 0.3) is 5.54 Å². The number of hydroxylamine groups is 1. The zero-order valence-corrected chi connectivity index (χ0v) is 11.2. The van der Waals surface area contributed by atoms with Crippen LogP contribution >= 0.6 is 0 Å². The molecule has 0 heterocycles. The fourth-order valence-corrected chi connectivity index (χ4v) is 1.55. The number of hydrogen-bond acceptors (Lipinski definition) is 2. The van der Waals surface area contributed by atoms with Crippen molar-refractivity contribution < 1.29 is 14.6 Å². The SMILES string of the molecule is CC(C)(C)C(C)(C(=O)O)[N+]([O-])=Cc1ccccc1. The van der Waals surface area contributed by atoms with Crippen molar-refractivity contribution in [3.05, 3.63) is 41.1 Å². The molecule has 1 aromatic carbocycles. The van der Waals surface area contributed by atoms with E-state index >= 15 is 0 Å². The first-order chi connectivity index (χ1) is 8.19. The molecule has 1 aromatic rings. The van der Waals surface area contributed by atoms with Gasteiger partial charge in [0.2, 0.25) is 0 Å². The standard InChI is InChI=1S/C14H19NO3/c1-13(2,3)14(4,12(16)17)15(18)10-11-8-6-5-7-9-11/h5-10H,1-4H3,(H,16,17). The van der Waals surface area contributed by atoms with E-state index in [9.17, 15) is 15.1 Å². The van der Waals surface area contributed by atoms with Crippen LogP contribution in [0.5, 0.6) is 0 Å². The highest BCUT2D eigenvalue weighted by Crippen LogP contribution is 2.33. The maximum atomic E-state index is 12.2. The Balaban J connectivity index is 3.25. The number of nitrogens with zero attached hydrogens (tertiary/aromatic N) is 1. The molecule has 1 atom stereocenters. The van der Waals surface area contributed by atoms with Crippen molar-refractivity contribution >= 4 is 12.2 Å². The molecule has 1 unspecified atom stereocenters. The Kier molecular flexibility index (Phi) is 3.79. The van der Waals surface area contributed by atoms with Gasteiger partial charge in [0, 0.05) is 17.9 Å². The summed E-state index contributed by atoms with van der Waals surface area (Å²) in [4.78, 5) is 11.4. The molecule has 0 aliphatic heterocycles. The van der Waals surface area contributed by atoms with Crippen molar-refractivity contribution in [2.75, 3.05) is 0 Å². The third-order valence-corrected chi connectivity index (χ3v) is 3.38. The van der Waals surface area contributed by atoms with E-state index in [0.717, 1.165) is 0 Å². The second kappa shape index (κ2) is 4.80. The Morgan fingerprint density at radius 2 is 1.72 bits per heavy atom. The van der Waals surface area contributed by atoms with Gasteiger partial charge >= 0.3 is 5.97 Å². The molecule has 0 saturated heterocycles. The third-order valence-electron chi connectivity index (χ3n) is 3.38. The van der Waals surface area contributed by atoms with Gasteiger partial charge < -0.3 is 10.3 Å². The molecule has 1 rings (SSSR count). The minimum atomic E-state index is -1.51. The summed E-state index contributed by atoms with van der Waals surface area (Å²) in [6.45, 7) is 6.67. The summed E-state index contributed by atoms with van der Waals surface area (Å²) in [5.41, 5.74) is -1.52. The summed E-state index contributed by atoms with van der Waals surface area (Å²) in [7, 11) is 0. The molecular formula is C14H19NO3. The van der Waals surface area contributed by atoms with E-state index in [1.54, 1.807) is 45.0 Å². The van der Waals surface area contributed by atoms with Crippen LogP contribution in [0.15, 0.2) is 30.3 Å². The van der Waals surface area contributed by atoms with Gasteiger partial charge in [-0.2, -0.15) is 4.74 Å². The van der Waals surface area contributed by atoms with Crippen LogP contribution < -0.4 is 0 Å². The lowest BCUT2D eigenvalue weighted by Crippen LogP contribution is -2.54. The number of carboxylic acid groups (broad SMARTS) is 1. The zero-order valence-electron chi connectivity index (χ0n) is 11.2. The van der Waals surface area contributed by atoms with Crippen molar-refractivity contribution in [3.63, 3.8) is 0 Å². The van der Waals surface area contributed by atoms with E-state index in [0.29, 0.717) is 10.3 Å². The molecule has 18 heavy (non-hydrogen) atoms. The van der Waals surface area contributed by atoms with Gasteiger partial charge in [-0.1, -0.05) is 39.0 Å². The molecule has 0 aliphatic rings. The van der Waals surface area contributed by atoms with Crippen LogP contribution in [0.1, 0.15) is 33.3 Å². The second-order valence-corrected chi connectivity index (χ2v) is 5.49. The smallest absolute Gasteiger partial charge is 0.377 e. The summed E-state index contributed by atoms with van der Waals surface area (Å²) < 4.78 is 0.532. The number of rotatable bonds is 3. The summed E-state index contributed by atoms with van der Waals surface area (Å²) in [5.74, 6) is -1.13. The fourth-order valence-electron chi connectivity index (χ4n) is 1.55. The van der Waals surface area contributed by atoms with Gasteiger partial charge in [-0.05, 0) is 12.1 Å². The van der Waals surface area contributed by atoms with Crippen LogP contribution in [0.3, 0.4) is 0 Å². The second-order valence-electron chi connectivity index (χ2n) is 5.49. The minimum Gasteiger partial charge on any atom is -0.623 e. The van der Waals surface area contributed by atoms with E-state index in [2.05, 4.69) is 0 Å². The monoisotopic (exact) mass is 249 g/mol. The van der Waals surface area contributed by atoms with E-state index in [-0.39, 0.29) is 0 Å². The quantitative estimate of drug-likeness (QED) is 0.387. The van der Waals surface area contributed by atoms with Gasteiger partial charge in [0.1, 0.15) is 0 Å². The number of carboxylic acids is 1. The fraction of sp³-hybridized carbons (Fsp3) is 0.429. The Morgan fingerprint density at radius 3 is 2.11 bits per heavy atom. The molecule has 0 radical (unpaired) electrons. The average Bonchev–Trinajstić information content (AvgIpc) is 2.27. The lowest BCUT2D eigenvalue weighted by molar-refractivity contribution is -0.545. The maximum Gasteiger partial charge on any atom is 0.377 e. The highest BCUT2D eigenvalue weighted by molar-refractivity contribution is 5.81. The van der Waals surface area contributed by atoms with E-state index in [4.69, 9.17) is 0 Å². The first-order valence-electron chi connectivity index (χ1n) is 5.79. The first kappa shape index (κ1) is 14.2. The summed E-state index contributed by atoms with van der Waals surface area (Å²) >= 11 is 0. The molecule has 98 valence electrons. The molecule has 0 fully saturated rings. The van der Waals surface area contributed by atoms with Crippen LogP contribution in [0.4, 0.5) is 0 Å². The molecule has 0 saturated carbocycles. The van der Waals surface area contributed by atoms with Crippen molar-refractivity contribution in [1.82, 2.24) is 0 Å². The van der Waals surface area contributed by atoms with Crippen molar-refractivity contribution in [2.45, 2.75) is 33.2 Å². The summed E-state index contributed by atoms with van der Waals surface area (Å²) in [5, 5.41) is 21.6. The van der Waals surface area contributed by atoms with Crippen LogP contribution in [0, 0.1) is 10.6 Å². The number of carbonyl (C=O) groups is 1. The van der Waals surface area contributed by atoms with Gasteiger partial charge in [0.15, 0.2) is 6.21 Å². The Hall–Kier alpha value is -1.84. The number of benzene rings is 1. The Labute approximate surface area is 107 Å². The van der Waals surface area contributed by atoms with E-state index < -0.39 is 16.9 Å². The van der Waals surface area contributed by atoms with Gasteiger partial charge in [-0.15, -0.1) is 0 Å². The van der Waals surface area contributed by atoms with E-state index in [1.165, 1.54) is 13.1 Å². The van der Waals surface area contributed by atoms with Crippen LogP contribution in [0.25, 0.3) is 0 Å². The summed E-state index contributed by atoms with van der Waals surface area (Å²) in [6, 6.07) is 8.96. The van der Waals surface area contributed by atoms with Gasteiger partial charge in [0.05, 0.1) is 0 Å². The predicted octanol–water partition coefficient (Wildman–Crippen LogP) is 2.51. The summed E-state index contributed by atoms with van der Waals surface area (Å²) in [6.07, 6.45) is 1.32. The lowest BCUT2D eigenvalue weighted by Gasteiger charge is -2.35. The topological polar surface area (TPSA) is 63.4 Å². The van der Waals surface area contributed by atoms with Crippen LogP contribution in [0.2, 0.25) is 0 Å². The van der Waals surface area contributed by atoms with Gasteiger partial charge in [-0.25, -0.2) is 4.79 Å². The largest absolute Gasteiger partial charge is 0.623 e. The minimum absolute atomic E-state index is 0.532. The van der Waals surface area contributed by atoms with E-state index in [1.807, 2.05) is 6.07 Å².